The molecule has 3 N–H and O–H groups in total. The lowest BCUT2D eigenvalue weighted by Crippen LogP contribution is -2.42. The molecule has 2 heterocycles. The number of nitrogens with one attached hydrogen (secondary N) is 3. The number of aromatic amines is 1. The monoisotopic (exact) mass is 486 g/mol. The van der Waals surface area contributed by atoms with Gasteiger partial charge in [0.05, 0.1) is 6.04 Å². The van der Waals surface area contributed by atoms with Gasteiger partial charge in [0, 0.05) is 28.5 Å². The Balaban J connectivity index is 1.29. The first-order chi connectivity index (χ1) is 17.0. The van der Waals surface area contributed by atoms with E-state index in [0.717, 1.165) is 32.5 Å². The number of para-hydroxylation sites is 1. The molecular weight excluding hydrogens is 464 g/mol. The summed E-state index contributed by atoms with van der Waals surface area (Å²) in [5.74, 6) is -0.858. The van der Waals surface area contributed by atoms with Crippen LogP contribution in [0.5, 0.6) is 0 Å². The SMILES string of the molecule is O=C(CN1C(=O)N[C@H](Cc2c[nH]c3ccccc23)C1=O)N[C@@H](c1ccccc1)c1ccc(Cl)cc1. The second kappa shape index (κ2) is 9.64. The van der Waals surface area contributed by atoms with Crippen LogP contribution in [0.25, 0.3) is 10.9 Å². The predicted molar refractivity (Wildman–Crippen MR) is 134 cm³/mol. The van der Waals surface area contributed by atoms with Crippen molar-refractivity contribution in [2.75, 3.05) is 6.54 Å². The minimum atomic E-state index is -0.726. The highest BCUT2D eigenvalue weighted by atomic mass is 35.5. The number of aromatic nitrogens is 1. The van der Waals surface area contributed by atoms with Gasteiger partial charge >= 0.3 is 6.03 Å². The van der Waals surface area contributed by atoms with Gasteiger partial charge in [0.2, 0.25) is 5.91 Å². The van der Waals surface area contributed by atoms with E-state index in [1.54, 1.807) is 12.1 Å². The average Bonchev–Trinajstić information content (AvgIpc) is 3.40. The van der Waals surface area contributed by atoms with Crippen LogP contribution in [0.4, 0.5) is 4.79 Å². The summed E-state index contributed by atoms with van der Waals surface area (Å²) in [6.45, 7) is -0.369. The number of hydrogen-bond acceptors (Lipinski definition) is 3. The Labute approximate surface area is 207 Å². The van der Waals surface area contributed by atoms with E-state index in [2.05, 4.69) is 15.6 Å². The molecule has 3 aromatic carbocycles. The smallest absolute Gasteiger partial charge is 0.325 e. The fourth-order valence-corrected chi connectivity index (χ4v) is 4.52. The lowest BCUT2D eigenvalue weighted by atomic mass is 9.98. The third-order valence-corrected chi connectivity index (χ3v) is 6.40. The molecule has 0 bridgehead atoms. The molecular formula is C27H23ClN4O3. The summed E-state index contributed by atoms with van der Waals surface area (Å²) in [6, 6.07) is 22.7. The van der Waals surface area contributed by atoms with E-state index in [1.807, 2.05) is 72.9 Å². The molecule has 0 radical (unpaired) electrons. The van der Waals surface area contributed by atoms with E-state index < -0.39 is 29.9 Å². The van der Waals surface area contributed by atoms with Crippen LogP contribution in [-0.2, 0) is 16.0 Å². The molecule has 4 amide bonds. The first-order valence-electron chi connectivity index (χ1n) is 11.3. The summed E-state index contributed by atoms with van der Waals surface area (Å²) in [5.41, 5.74) is 3.60. The largest absolute Gasteiger partial charge is 0.361 e. The second-order valence-electron chi connectivity index (χ2n) is 8.45. The number of halogens is 1. The number of carbonyl (C=O) groups excluding carboxylic acids is 3. The van der Waals surface area contributed by atoms with Crippen molar-refractivity contribution in [1.82, 2.24) is 20.5 Å². The topological polar surface area (TPSA) is 94.3 Å². The first-order valence-corrected chi connectivity index (χ1v) is 11.6. The maximum Gasteiger partial charge on any atom is 0.325 e. The van der Waals surface area contributed by atoms with Gasteiger partial charge in [-0.2, -0.15) is 0 Å². The zero-order valence-corrected chi connectivity index (χ0v) is 19.5. The van der Waals surface area contributed by atoms with E-state index in [4.69, 9.17) is 11.6 Å². The standard InChI is InChI=1S/C27H23ClN4O3/c28-20-12-10-18(11-13-20)25(17-6-2-1-3-7-17)31-24(33)16-32-26(34)23(30-27(32)35)14-19-15-29-22-9-5-4-8-21(19)22/h1-13,15,23,25,29H,14,16H2,(H,30,35)(H,31,33)/t23-,25+/m1/s1. The predicted octanol–water partition coefficient (Wildman–Crippen LogP) is 4.19. The number of H-pyrrole nitrogens is 1. The molecule has 1 aromatic heterocycles. The molecule has 0 unspecified atom stereocenters. The van der Waals surface area contributed by atoms with Crippen molar-refractivity contribution in [2.24, 2.45) is 0 Å². The highest BCUT2D eigenvalue weighted by Crippen LogP contribution is 2.24. The molecule has 0 saturated carbocycles. The summed E-state index contributed by atoms with van der Waals surface area (Å²) in [7, 11) is 0. The van der Waals surface area contributed by atoms with Crippen molar-refractivity contribution in [3.63, 3.8) is 0 Å². The minimum Gasteiger partial charge on any atom is -0.361 e. The van der Waals surface area contributed by atoms with Gasteiger partial charge in [-0.25, -0.2) is 4.79 Å². The molecule has 7 nitrogen and oxygen atoms in total. The van der Waals surface area contributed by atoms with E-state index in [-0.39, 0.29) is 6.54 Å². The highest BCUT2D eigenvalue weighted by molar-refractivity contribution is 6.30. The van der Waals surface area contributed by atoms with Gasteiger partial charge in [-0.3, -0.25) is 14.5 Å². The number of carbonyl (C=O) groups is 3. The third kappa shape index (κ3) is 4.76. The van der Waals surface area contributed by atoms with E-state index in [9.17, 15) is 14.4 Å². The van der Waals surface area contributed by atoms with Crippen LogP contribution < -0.4 is 10.6 Å². The van der Waals surface area contributed by atoms with Gasteiger partial charge in [-0.05, 0) is 34.9 Å². The number of nitrogens with zero attached hydrogens (tertiary/aromatic N) is 1. The lowest BCUT2D eigenvalue weighted by Gasteiger charge is -2.21. The maximum atomic E-state index is 13.0. The number of fused-ring (bicyclic) bond motifs is 1. The molecule has 2 atom stereocenters. The quantitative estimate of drug-likeness (QED) is 0.342. The molecule has 1 aliphatic rings. The van der Waals surface area contributed by atoms with Crippen molar-refractivity contribution >= 4 is 40.3 Å². The zero-order chi connectivity index (χ0) is 24.4. The Kier molecular flexibility index (Phi) is 6.25. The van der Waals surface area contributed by atoms with Gasteiger partial charge in [0.15, 0.2) is 0 Å². The summed E-state index contributed by atoms with van der Waals surface area (Å²) in [6.07, 6.45) is 2.18. The Morgan fingerprint density at radius 2 is 1.63 bits per heavy atom. The van der Waals surface area contributed by atoms with Gasteiger partial charge < -0.3 is 15.6 Å². The van der Waals surface area contributed by atoms with E-state index >= 15 is 0 Å². The molecule has 5 rings (SSSR count). The second-order valence-corrected chi connectivity index (χ2v) is 8.89. The Hall–Kier alpha value is -4.10. The number of imide groups is 1. The van der Waals surface area contributed by atoms with Crippen LogP contribution in [0.15, 0.2) is 85.1 Å². The highest BCUT2D eigenvalue weighted by Gasteiger charge is 2.39. The molecule has 0 aliphatic carbocycles. The van der Waals surface area contributed by atoms with Crippen LogP contribution in [0.3, 0.4) is 0 Å². The number of amides is 4. The summed E-state index contributed by atoms with van der Waals surface area (Å²) in [5, 5.41) is 7.26. The van der Waals surface area contributed by atoms with Gasteiger partial charge in [0.25, 0.3) is 5.91 Å². The fourth-order valence-electron chi connectivity index (χ4n) is 4.40. The average molecular weight is 487 g/mol. The van der Waals surface area contributed by atoms with Crippen molar-refractivity contribution in [1.29, 1.82) is 0 Å². The molecule has 35 heavy (non-hydrogen) atoms. The summed E-state index contributed by atoms with van der Waals surface area (Å²) in [4.78, 5) is 42.7. The Morgan fingerprint density at radius 1 is 0.943 bits per heavy atom. The van der Waals surface area contributed by atoms with Crippen molar-refractivity contribution in [3.05, 3.63) is 107 Å². The number of benzene rings is 3. The van der Waals surface area contributed by atoms with Crippen LogP contribution in [0.1, 0.15) is 22.7 Å². The Bertz CT molecular complexity index is 1380. The third-order valence-electron chi connectivity index (χ3n) is 6.15. The molecule has 4 aromatic rings. The summed E-state index contributed by atoms with van der Waals surface area (Å²) >= 11 is 6.03. The van der Waals surface area contributed by atoms with Crippen molar-refractivity contribution in [3.8, 4) is 0 Å². The number of rotatable bonds is 7. The fraction of sp³-hybridized carbons (Fsp3) is 0.148. The molecule has 1 saturated heterocycles. The summed E-state index contributed by atoms with van der Waals surface area (Å²) < 4.78 is 0. The normalized spacial score (nSPS) is 16.4. The molecule has 0 spiro atoms. The van der Waals surface area contributed by atoms with Gasteiger partial charge in [-0.1, -0.05) is 72.3 Å². The molecule has 1 fully saturated rings. The zero-order valence-electron chi connectivity index (χ0n) is 18.7. The lowest BCUT2D eigenvalue weighted by molar-refractivity contribution is -0.132. The molecule has 176 valence electrons. The number of urea groups is 1. The van der Waals surface area contributed by atoms with Crippen LogP contribution >= 0.6 is 11.6 Å². The molecule has 1 aliphatic heterocycles. The van der Waals surface area contributed by atoms with Crippen molar-refractivity contribution < 1.29 is 14.4 Å². The maximum absolute atomic E-state index is 13.0. The van der Waals surface area contributed by atoms with Crippen molar-refractivity contribution in [2.45, 2.75) is 18.5 Å². The van der Waals surface area contributed by atoms with Gasteiger partial charge in [-0.15, -0.1) is 0 Å². The van der Waals surface area contributed by atoms with E-state index in [1.165, 1.54) is 0 Å². The number of hydrogen-bond donors (Lipinski definition) is 3. The van der Waals surface area contributed by atoms with Crippen LogP contribution in [0, 0.1) is 0 Å². The minimum absolute atomic E-state index is 0.337. The molecule has 8 heteroatoms. The first kappa shape index (κ1) is 22.7. The van der Waals surface area contributed by atoms with Crippen LogP contribution in [0.2, 0.25) is 5.02 Å². The van der Waals surface area contributed by atoms with E-state index in [0.29, 0.717) is 11.4 Å². The Morgan fingerprint density at radius 3 is 2.40 bits per heavy atom. The van der Waals surface area contributed by atoms with Crippen LogP contribution in [-0.4, -0.2) is 40.3 Å². The van der Waals surface area contributed by atoms with Gasteiger partial charge in [0.1, 0.15) is 12.6 Å².